The summed E-state index contributed by atoms with van der Waals surface area (Å²) in [4.78, 5) is 10.2. The zero-order valence-electron chi connectivity index (χ0n) is 19.6. The maximum atomic E-state index is 13.0. The van der Waals surface area contributed by atoms with E-state index in [2.05, 4.69) is 14.9 Å². The number of hydrogen-bond donors (Lipinski definition) is 0. The van der Waals surface area contributed by atoms with Crippen molar-refractivity contribution in [1.82, 2.24) is 23.7 Å². The number of ether oxygens (including phenoxy) is 1. The van der Waals surface area contributed by atoms with Crippen LogP contribution in [-0.4, -0.2) is 70.5 Å². The summed E-state index contributed by atoms with van der Waals surface area (Å²) >= 11 is 5.96. The van der Waals surface area contributed by atoms with Gasteiger partial charge < -0.3 is 14.2 Å². The number of rotatable bonds is 6. The molecule has 4 rings (SSSR count). The first kappa shape index (κ1) is 26.2. The summed E-state index contributed by atoms with van der Waals surface area (Å²) in [5.41, 5.74) is -0.911. The van der Waals surface area contributed by atoms with E-state index in [0.29, 0.717) is 25.9 Å². The quantitative estimate of drug-likeness (QED) is 0.551. The summed E-state index contributed by atoms with van der Waals surface area (Å²) < 4.78 is 73.4. The SMILES string of the molecule is CC(C)n1cnc(S(=O)(=O)N2CCC(N3CCC(Oc4ncc(C(F)(F)F)cc4Cl)CC3)CC2)c1. The van der Waals surface area contributed by atoms with Crippen LogP contribution in [0.25, 0.3) is 0 Å². The van der Waals surface area contributed by atoms with Gasteiger partial charge in [-0.3, -0.25) is 0 Å². The number of imidazole rings is 1. The molecule has 2 aliphatic rings. The van der Waals surface area contributed by atoms with E-state index < -0.39 is 21.8 Å². The molecular weight excluding hydrogens is 507 g/mol. The van der Waals surface area contributed by atoms with Crippen molar-refractivity contribution in [2.45, 2.75) is 68.9 Å². The number of pyridine rings is 1. The Balaban J connectivity index is 1.27. The van der Waals surface area contributed by atoms with E-state index in [1.54, 1.807) is 17.1 Å². The van der Waals surface area contributed by atoms with Crippen molar-refractivity contribution < 1.29 is 26.3 Å². The van der Waals surface area contributed by atoms with Crippen LogP contribution < -0.4 is 4.74 Å². The molecule has 35 heavy (non-hydrogen) atoms. The zero-order valence-corrected chi connectivity index (χ0v) is 21.2. The van der Waals surface area contributed by atoms with Crippen LogP contribution in [0, 0.1) is 0 Å². The normalized spacial score (nSPS) is 20.0. The van der Waals surface area contributed by atoms with Gasteiger partial charge in [-0.25, -0.2) is 18.4 Å². The molecule has 194 valence electrons. The van der Waals surface area contributed by atoms with Crippen molar-refractivity contribution in [3.63, 3.8) is 0 Å². The number of alkyl halides is 3. The Bertz CT molecular complexity index is 1130. The number of likely N-dealkylation sites (tertiary alicyclic amines) is 1. The Hall–Kier alpha value is -1.89. The summed E-state index contributed by atoms with van der Waals surface area (Å²) in [5.74, 6) is 0.0107. The van der Waals surface area contributed by atoms with Crippen LogP contribution in [0.2, 0.25) is 5.02 Å². The molecule has 0 spiro atoms. The third kappa shape index (κ3) is 5.92. The fourth-order valence-electron chi connectivity index (χ4n) is 4.50. The topological polar surface area (TPSA) is 80.6 Å². The first-order chi connectivity index (χ1) is 16.4. The van der Waals surface area contributed by atoms with Gasteiger partial charge in [0.2, 0.25) is 5.88 Å². The number of hydrogen-bond acceptors (Lipinski definition) is 6. The molecular formula is C22H29ClF3N5O3S. The molecule has 0 aromatic carbocycles. The number of nitrogens with zero attached hydrogens (tertiary/aromatic N) is 5. The lowest BCUT2D eigenvalue weighted by Gasteiger charge is -2.41. The van der Waals surface area contributed by atoms with E-state index in [4.69, 9.17) is 16.3 Å². The molecule has 13 heteroatoms. The molecule has 0 aliphatic carbocycles. The van der Waals surface area contributed by atoms with E-state index >= 15 is 0 Å². The van der Waals surface area contributed by atoms with Gasteiger partial charge in [-0.1, -0.05) is 11.6 Å². The molecule has 0 saturated carbocycles. The molecule has 0 radical (unpaired) electrons. The monoisotopic (exact) mass is 535 g/mol. The van der Waals surface area contributed by atoms with Gasteiger partial charge in [0.25, 0.3) is 10.0 Å². The minimum Gasteiger partial charge on any atom is -0.473 e. The van der Waals surface area contributed by atoms with Gasteiger partial charge in [-0.15, -0.1) is 0 Å². The Kier molecular flexibility index (Phi) is 7.65. The molecule has 0 amide bonds. The van der Waals surface area contributed by atoms with Crippen LogP contribution in [-0.2, 0) is 16.2 Å². The highest BCUT2D eigenvalue weighted by Gasteiger charge is 2.35. The van der Waals surface area contributed by atoms with Gasteiger partial charge in [-0.05, 0) is 45.6 Å². The van der Waals surface area contributed by atoms with Gasteiger partial charge in [0.1, 0.15) is 11.1 Å². The van der Waals surface area contributed by atoms with E-state index in [-0.39, 0.29) is 34.1 Å². The highest BCUT2D eigenvalue weighted by Crippen LogP contribution is 2.34. The number of aromatic nitrogens is 3. The predicted molar refractivity (Wildman–Crippen MR) is 124 cm³/mol. The highest BCUT2D eigenvalue weighted by molar-refractivity contribution is 7.89. The second kappa shape index (κ2) is 10.2. The standard InChI is InChI=1S/C22H29ClF3N5O3S/c1-15(2)30-13-20(28-14-30)35(32,33)31-9-3-17(4-10-31)29-7-5-18(6-8-29)34-21-19(23)11-16(12-27-21)22(24,25)26/h11-15,17-18H,3-10H2,1-2H3. The van der Waals surface area contributed by atoms with Crippen LogP contribution in [0.3, 0.4) is 0 Å². The van der Waals surface area contributed by atoms with Crippen LogP contribution >= 0.6 is 11.6 Å². The maximum Gasteiger partial charge on any atom is 0.417 e. The Morgan fingerprint density at radius 2 is 1.74 bits per heavy atom. The van der Waals surface area contributed by atoms with Gasteiger partial charge in [0.05, 0.1) is 11.9 Å². The van der Waals surface area contributed by atoms with Crippen molar-refractivity contribution in [3.05, 3.63) is 35.4 Å². The fraction of sp³-hybridized carbons (Fsp3) is 0.636. The minimum absolute atomic E-state index is 0.0107. The molecule has 8 nitrogen and oxygen atoms in total. The van der Waals surface area contributed by atoms with Crippen LogP contribution in [0.4, 0.5) is 13.2 Å². The van der Waals surface area contributed by atoms with Gasteiger partial charge >= 0.3 is 6.18 Å². The Morgan fingerprint density at radius 1 is 1.09 bits per heavy atom. The van der Waals surface area contributed by atoms with Gasteiger partial charge in [0, 0.05) is 50.7 Å². The predicted octanol–water partition coefficient (Wildman–Crippen LogP) is 4.23. The summed E-state index contributed by atoms with van der Waals surface area (Å²) in [6, 6.07) is 1.23. The lowest BCUT2D eigenvalue weighted by Crippen LogP contribution is -2.50. The molecule has 0 atom stereocenters. The summed E-state index contributed by atoms with van der Waals surface area (Å²) in [5, 5.41) is -0.0767. The molecule has 2 aromatic rings. The van der Waals surface area contributed by atoms with Gasteiger partial charge in [0.15, 0.2) is 5.03 Å². The molecule has 0 N–H and O–H groups in total. The van der Waals surface area contributed by atoms with E-state index in [1.165, 1.54) is 4.31 Å². The lowest BCUT2D eigenvalue weighted by molar-refractivity contribution is -0.137. The number of halogens is 4. The fourth-order valence-corrected chi connectivity index (χ4v) is 6.10. The first-order valence-corrected chi connectivity index (χ1v) is 13.4. The van der Waals surface area contributed by atoms with Crippen LogP contribution in [0.1, 0.15) is 51.1 Å². The number of sulfonamides is 1. The number of piperidine rings is 2. The molecule has 2 saturated heterocycles. The average Bonchev–Trinajstić information content (AvgIpc) is 3.32. The maximum absolute atomic E-state index is 13.0. The third-order valence-corrected chi connectivity index (χ3v) is 8.66. The van der Waals surface area contributed by atoms with Crippen LogP contribution in [0.5, 0.6) is 5.88 Å². The van der Waals surface area contributed by atoms with E-state index in [9.17, 15) is 21.6 Å². The van der Waals surface area contributed by atoms with E-state index in [0.717, 1.165) is 38.2 Å². The Morgan fingerprint density at radius 3 is 2.29 bits per heavy atom. The van der Waals surface area contributed by atoms with Crippen molar-refractivity contribution in [2.24, 2.45) is 0 Å². The van der Waals surface area contributed by atoms with Crippen molar-refractivity contribution >= 4 is 21.6 Å². The molecule has 0 bridgehead atoms. The minimum atomic E-state index is -4.51. The highest BCUT2D eigenvalue weighted by atomic mass is 35.5. The summed E-state index contributed by atoms with van der Waals surface area (Å²) in [7, 11) is -3.62. The Labute approximate surface area is 208 Å². The smallest absolute Gasteiger partial charge is 0.417 e. The average molecular weight is 536 g/mol. The van der Waals surface area contributed by atoms with Crippen molar-refractivity contribution in [2.75, 3.05) is 26.2 Å². The zero-order chi connectivity index (χ0) is 25.4. The molecule has 2 aromatic heterocycles. The van der Waals surface area contributed by atoms with Gasteiger partial charge in [-0.2, -0.15) is 17.5 Å². The molecule has 2 fully saturated rings. The summed E-state index contributed by atoms with van der Waals surface area (Å²) in [6.45, 7) is 6.29. The second-order valence-electron chi connectivity index (χ2n) is 9.25. The van der Waals surface area contributed by atoms with Crippen molar-refractivity contribution in [3.8, 4) is 5.88 Å². The van der Waals surface area contributed by atoms with E-state index in [1.807, 2.05) is 13.8 Å². The lowest BCUT2D eigenvalue weighted by atomic mass is 10.00. The molecule has 4 heterocycles. The van der Waals surface area contributed by atoms with Crippen LogP contribution in [0.15, 0.2) is 29.8 Å². The largest absolute Gasteiger partial charge is 0.473 e. The summed E-state index contributed by atoms with van der Waals surface area (Å²) in [6.07, 6.45) is 1.97. The third-order valence-electron chi connectivity index (χ3n) is 6.61. The second-order valence-corrected chi connectivity index (χ2v) is 11.5. The van der Waals surface area contributed by atoms with Crippen molar-refractivity contribution in [1.29, 1.82) is 0 Å². The molecule has 0 unspecified atom stereocenters. The molecule has 2 aliphatic heterocycles. The first-order valence-electron chi connectivity index (χ1n) is 11.6.